The summed E-state index contributed by atoms with van der Waals surface area (Å²) in [6, 6.07) is 0. The van der Waals surface area contributed by atoms with Crippen LogP contribution >= 0.6 is 0 Å². The van der Waals surface area contributed by atoms with E-state index in [-0.39, 0.29) is 37.7 Å². The summed E-state index contributed by atoms with van der Waals surface area (Å²) < 4.78 is 24.1. The lowest BCUT2D eigenvalue weighted by Crippen LogP contribution is -2.61. The molecule has 116 valence electrons. The highest BCUT2D eigenvalue weighted by Gasteiger charge is 2.59. The number of carbonyl (C=O) groups excluding carboxylic acids is 1. The number of hydrogen-bond acceptors (Lipinski definition) is 8. The Hall–Kier alpha value is -2.19. The number of hydrogen-bond donors (Lipinski definition) is 2. The molecule has 0 amide bonds. The van der Waals surface area contributed by atoms with Crippen molar-refractivity contribution >= 4 is 5.97 Å². The Morgan fingerprint density at radius 2 is 1.43 bits per heavy atom. The van der Waals surface area contributed by atoms with Crippen molar-refractivity contribution in [1.29, 1.82) is 0 Å². The number of cyclic esters (lactones) is 1. The van der Waals surface area contributed by atoms with Crippen LogP contribution in [0.4, 0.5) is 0 Å². The summed E-state index contributed by atoms with van der Waals surface area (Å²) in [6.45, 7) is 10.1. The van der Waals surface area contributed by atoms with Gasteiger partial charge in [-0.3, -0.25) is 4.79 Å². The van der Waals surface area contributed by atoms with Crippen LogP contribution in [0, 0.1) is 5.41 Å². The Balaban J connectivity index is 0.000000225. The molecular weight excluding hydrogens is 284 g/mol. The Labute approximate surface area is 120 Å². The minimum absolute atomic E-state index is 0.00782. The van der Waals surface area contributed by atoms with E-state index in [2.05, 4.69) is 24.5 Å². The minimum atomic E-state index is -2.41. The highest BCUT2D eigenvalue weighted by molar-refractivity contribution is 5.79. The van der Waals surface area contributed by atoms with Crippen LogP contribution in [0.25, 0.3) is 0 Å². The molecule has 0 unspecified atom stereocenters. The fraction of sp³-hybridized carbons (Fsp3) is 0.462. The van der Waals surface area contributed by atoms with Crippen molar-refractivity contribution in [3.8, 4) is 0 Å². The van der Waals surface area contributed by atoms with E-state index in [1.807, 2.05) is 0 Å². The van der Waals surface area contributed by atoms with Crippen LogP contribution in [0.3, 0.4) is 0 Å². The van der Waals surface area contributed by atoms with Crippen molar-refractivity contribution in [3.05, 3.63) is 37.4 Å². The fourth-order valence-electron chi connectivity index (χ4n) is 1.71. The predicted molar refractivity (Wildman–Crippen MR) is 66.7 cm³/mol. The second-order valence-corrected chi connectivity index (χ2v) is 4.79. The van der Waals surface area contributed by atoms with Crippen LogP contribution in [-0.2, 0) is 28.5 Å². The van der Waals surface area contributed by atoms with Crippen LogP contribution in [-0.4, -0.2) is 42.0 Å². The highest BCUT2D eigenvalue weighted by atomic mass is 16.8. The van der Waals surface area contributed by atoms with Gasteiger partial charge in [-0.05, 0) is 13.2 Å². The number of rotatable bonds is 0. The third-order valence-electron chi connectivity index (χ3n) is 3.08. The maximum Gasteiger partial charge on any atom is 0.340 e. The van der Waals surface area contributed by atoms with Gasteiger partial charge in [-0.15, -0.1) is 0 Å². The predicted octanol–water partition coefficient (Wildman–Crippen LogP) is 0.0942. The van der Waals surface area contributed by atoms with Gasteiger partial charge in [0.15, 0.2) is 5.41 Å². The van der Waals surface area contributed by atoms with Gasteiger partial charge in [0.05, 0.1) is 0 Å². The van der Waals surface area contributed by atoms with E-state index in [1.54, 1.807) is 0 Å². The first-order chi connectivity index (χ1) is 9.74. The van der Waals surface area contributed by atoms with Gasteiger partial charge in [0.25, 0.3) is 11.9 Å². The van der Waals surface area contributed by atoms with Crippen LogP contribution in [0.2, 0.25) is 0 Å². The van der Waals surface area contributed by atoms with E-state index < -0.39 is 11.4 Å². The van der Waals surface area contributed by atoms with Gasteiger partial charge in [-0.25, -0.2) is 0 Å². The zero-order valence-electron chi connectivity index (χ0n) is 11.3. The van der Waals surface area contributed by atoms with Crippen LogP contribution in [0.15, 0.2) is 37.4 Å². The lowest BCUT2D eigenvalue weighted by atomic mass is 9.86. The molecule has 0 radical (unpaired) electrons. The summed E-state index contributed by atoms with van der Waals surface area (Å²) in [6.07, 6.45) is 0.417. The monoisotopic (exact) mass is 300 g/mol. The third-order valence-corrected chi connectivity index (χ3v) is 3.08. The minimum Gasteiger partial charge on any atom is -0.465 e. The van der Waals surface area contributed by atoms with E-state index in [9.17, 15) is 15.0 Å². The molecule has 3 heterocycles. The first-order valence-corrected chi connectivity index (χ1v) is 6.02. The molecule has 3 fully saturated rings. The first-order valence-electron chi connectivity index (χ1n) is 6.02. The van der Waals surface area contributed by atoms with Crippen molar-refractivity contribution in [1.82, 2.24) is 0 Å². The average molecular weight is 300 g/mol. The van der Waals surface area contributed by atoms with E-state index in [0.717, 1.165) is 0 Å². The Morgan fingerprint density at radius 3 is 1.76 bits per heavy atom. The zero-order chi connectivity index (χ0) is 15.7. The van der Waals surface area contributed by atoms with Gasteiger partial charge in [0.1, 0.15) is 32.0 Å². The molecule has 0 aromatic rings. The molecule has 3 aliphatic heterocycles. The van der Waals surface area contributed by atoms with Gasteiger partial charge in [-0.1, -0.05) is 6.58 Å². The Kier molecular flexibility index (Phi) is 3.84. The van der Waals surface area contributed by atoms with Crippen molar-refractivity contribution in [2.45, 2.75) is 12.4 Å². The molecule has 3 rings (SSSR count). The van der Waals surface area contributed by atoms with Gasteiger partial charge in [-0.2, -0.15) is 0 Å². The molecule has 21 heavy (non-hydrogen) atoms. The van der Waals surface area contributed by atoms with Gasteiger partial charge < -0.3 is 33.9 Å². The zero-order valence-corrected chi connectivity index (χ0v) is 11.3. The molecular formula is C13H16O8. The topological polar surface area (TPSA) is 104 Å². The first kappa shape index (κ1) is 15.2. The summed E-state index contributed by atoms with van der Waals surface area (Å²) >= 11 is 0. The molecule has 0 aromatic heterocycles. The summed E-state index contributed by atoms with van der Waals surface area (Å²) in [5, 5.41) is 19.4. The molecule has 2 N–H and O–H groups in total. The quantitative estimate of drug-likeness (QED) is 0.479. The molecule has 0 aliphatic carbocycles. The largest absolute Gasteiger partial charge is 0.465 e. The Morgan fingerprint density at radius 1 is 0.952 bits per heavy atom. The SMILES string of the molecule is C=C1CC(=O)O1.C=C1OCC2(CO1)COC(=C)OC2(O)O. The maximum absolute atomic E-state index is 9.83. The number of carbonyl (C=O) groups is 1. The smallest absolute Gasteiger partial charge is 0.340 e. The lowest BCUT2D eigenvalue weighted by Gasteiger charge is -2.46. The van der Waals surface area contributed by atoms with E-state index in [1.165, 1.54) is 0 Å². The Bertz CT molecular complexity index is 452. The van der Waals surface area contributed by atoms with Crippen molar-refractivity contribution in [3.63, 3.8) is 0 Å². The van der Waals surface area contributed by atoms with E-state index in [0.29, 0.717) is 12.2 Å². The van der Waals surface area contributed by atoms with Crippen LogP contribution in [0.1, 0.15) is 6.42 Å². The van der Waals surface area contributed by atoms with Gasteiger partial charge in [0.2, 0.25) is 0 Å². The maximum atomic E-state index is 9.83. The summed E-state index contributed by atoms with van der Waals surface area (Å²) in [5.41, 5.74) is -1.19. The molecule has 0 saturated carbocycles. The molecule has 8 nitrogen and oxygen atoms in total. The summed E-state index contributed by atoms with van der Waals surface area (Å²) in [5.74, 6) is -2.00. The number of aliphatic hydroxyl groups is 2. The second kappa shape index (κ2) is 5.30. The van der Waals surface area contributed by atoms with Crippen molar-refractivity contribution < 1.29 is 38.7 Å². The van der Waals surface area contributed by atoms with Crippen LogP contribution < -0.4 is 0 Å². The molecule has 3 saturated heterocycles. The third kappa shape index (κ3) is 3.11. The molecule has 0 aromatic carbocycles. The fourth-order valence-corrected chi connectivity index (χ4v) is 1.71. The molecule has 1 spiro atoms. The summed E-state index contributed by atoms with van der Waals surface area (Å²) in [7, 11) is 0. The standard InChI is InChI=1S/C9H12O6.C4H4O2/c1-6-12-3-8(4-13-6)5-14-7(2)15-9(8,10)11;1-3-2-4(5)6-3/h10-11H,1-5H2;1-2H2. The highest BCUT2D eigenvalue weighted by Crippen LogP contribution is 2.41. The molecule has 8 heteroatoms. The van der Waals surface area contributed by atoms with E-state index >= 15 is 0 Å². The lowest BCUT2D eigenvalue weighted by molar-refractivity contribution is -0.437. The van der Waals surface area contributed by atoms with Gasteiger partial charge >= 0.3 is 11.9 Å². The van der Waals surface area contributed by atoms with E-state index in [4.69, 9.17) is 18.9 Å². The van der Waals surface area contributed by atoms with Crippen molar-refractivity contribution in [2.75, 3.05) is 19.8 Å². The van der Waals surface area contributed by atoms with Gasteiger partial charge in [0, 0.05) is 0 Å². The van der Waals surface area contributed by atoms with Crippen LogP contribution in [0.5, 0.6) is 0 Å². The normalized spacial score (nSPS) is 25.0. The molecule has 0 atom stereocenters. The second-order valence-electron chi connectivity index (χ2n) is 4.79. The summed E-state index contributed by atoms with van der Waals surface area (Å²) in [4.78, 5) is 9.83. The van der Waals surface area contributed by atoms with Crippen molar-refractivity contribution in [2.24, 2.45) is 5.41 Å². The number of esters is 1. The average Bonchev–Trinajstić information content (AvgIpc) is 2.36. The molecule has 0 bridgehead atoms. The number of ether oxygens (including phenoxy) is 5. The molecule has 3 aliphatic rings.